The lowest BCUT2D eigenvalue weighted by Gasteiger charge is -2.10. The van der Waals surface area contributed by atoms with E-state index in [1.807, 2.05) is 12.3 Å². The lowest BCUT2D eigenvalue weighted by molar-refractivity contribution is -0.120. The Bertz CT molecular complexity index is 745. The molecule has 2 rings (SSSR count). The highest BCUT2D eigenvalue weighted by atomic mass is 32.1. The maximum atomic E-state index is 12.1. The number of hydrogen-bond acceptors (Lipinski definition) is 6. The zero-order valence-electron chi connectivity index (χ0n) is 14.4. The lowest BCUT2D eigenvalue weighted by atomic mass is 10.2. The van der Waals surface area contributed by atoms with E-state index < -0.39 is 0 Å². The standard InChI is InChI=1S/C17H21N3O4S/c1-11-20-13(10-25-11)6-7-18-16(21)9-19-17(22)12-4-5-14(23-2)15(8-12)24-3/h4-5,8,10H,6-7,9H2,1-3H3,(H,18,21)(H,19,22). The van der Waals surface area contributed by atoms with E-state index in [1.165, 1.54) is 14.2 Å². The number of thiazole rings is 1. The highest BCUT2D eigenvalue weighted by Gasteiger charge is 2.12. The largest absolute Gasteiger partial charge is 0.493 e. The first-order chi connectivity index (χ1) is 12.0. The third kappa shape index (κ3) is 5.46. The van der Waals surface area contributed by atoms with Gasteiger partial charge in [0.1, 0.15) is 0 Å². The van der Waals surface area contributed by atoms with Gasteiger partial charge in [0, 0.05) is 23.9 Å². The van der Waals surface area contributed by atoms with Gasteiger partial charge in [-0.1, -0.05) is 0 Å². The second-order valence-electron chi connectivity index (χ2n) is 5.21. The van der Waals surface area contributed by atoms with Gasteiger partial charge in [-0.2, -0.15) is 0 Å². The van der Waals surface area contributed by atoms with Crippen LogP contribution >= 0.6 is 11.3 Å². The Labute approximate surface area is 150 Å². The van der Waals surface area contributed by atoms with Crippen molar-refractivity contribution < 1.29 is 19.1 Å². The second kappa shape index (κ2) is 9.03. The van der Waals surface area contributed by atoms with Gasteiger partial charge >= 0.3 is 0 Å². The van der Waals surface area contributed by atoms with E-state index in [-0.39, 0.29) is 18.4 Å². The van der Waals surface area contributed by atoms with Crippen LogP contribution in [0.15, 0.2) is 23.6 Å². The Balaban J connectivity index is 1.78. The zero-order valence-corrected chi connectivity index (χ0v) is 15.2. The van der Waals surface area contributed by atoms with Crippen molar-refractivity contribution in [2.24, 2.45) is 0 Å². The van der Waals surface area contributed by atoms with Crippen molar-refractivity contribution in [1.29, 1.82) is 0 Å². The van der Waals surface area contributed by atoms with Gasteiger partial charge in [-0.25, -0.2) is 4.98 Å². The van der Waals surface area contributed by atoms with Crippen LogP contribution < -0.4 is 20.1 Å². The van der Waals surface area contributed by atoms with Crippen molar-refractivity contribution in [2.75, 3.05) is 27.3 Å². The molecule has 0 aliphatic heterocycles. The summed E-state index contributed by atoms with van der Waals surface area (Å²) in [4.78, 5) is 28.3. The summed E-state index contributed by atoms with van der Waals surface area (Å²) in [5, 5.41) is 8.31. The van der Waals surface area contributed by atoms with Gasteiger partial charge in [0.15, 0.2) is 11.5 Å². The van der Waals surface area contributed by atoms with E-state index in [4.69, 9.17) is 9.47 Å². The van der Waals surface area contributed by atoms with E-state index in [0.717, 1.165) is 10.7 Å². The van der Waals surface area contributed by atoms with E-state index in [1.54, 1.807) is 29.5 Å². The molecule has 2 N–H and O–H groups in total. The molecular formula is C17H21N3O4S. The van der Waals surface area contributed by atoms with Crippen LogP contribution in [0.4, 0.5) is 0 Å². The van der Waals surface area contributed by atoms with Crippen LogP contribution in [0.1, 0.15) is 21.1 Å². The molecule has 1 aromatic carbocycles. The molecule has 0 aliphatic rings. The number of nitrogens with zero attached hydrogens (tertiary/aromatic N) is 1. The number of carbonyl (C=O) groups is 2. The first kappa shape index (κ1) is 18.7. The molecule has 0 atom stereocenters. The van der Waals surface area contributed by atoms with E-state index in [0.29, 0.717) is 30.0 Å². The van der Waals surface area contributed by atoms with Crippen LogP contribution in [-0.2, 0) is 11.2 Å². The topological polar surface area (TPSA) is 89.5 Å². The number of carbonyl (C=O) groups excluding carboxylic acids is 2. The molecule has 0 bridgehead atoms. The van der Waals surface area contributed by atoms with E-state index in [9.17, 15) is 9.59 Å². The number of ether oxygens (including phenoxy) is 2. The molecule has 1 aromatic heterocycles. The van der Waals surface area contributed by atoms with Crippen molar-refractivity contribution in [2.45, 2.75) is 13.3 Å². The summed E-state index contributed by atoms with van der Waals surface area (Å²) in [5.74, 6) is 0.388. The van der Waals surface area contributed by atoms with Crippen molar-refractivity contribution in [3.8, 4) is 11.5 Å². The van der Waals surface area contributed by atoms with Gasteiger partial charge in [0.2, 0.25) is 5.91 Å². The minimum atomic E-state index is -0.355. The van der Waals surface area contributed by atoms with Gasteiger partial charge in [-0.05, 0) is 25.1 Å². The van der Waals surface area contributed by atoms with Crippen LogP contribution in [0, 0.1) is 6.92 Å². The third-order valence-electron chi connectivity index (χ3n) is 3.43. The highest BCUT2D eigenvalue weighted by Crippen LogP contribution is 2.27. The molecule has 2 aromatic rings. The summed E-state index contributed by atoms with van der Waals surface area (Å²) < 4.78 is 10.3. The number of nitrogens with one attached hydrogen (secondary N) is 2. The molecule has 7 nitrogen and oxygen atoms in total. The van der Waals surface area contributed by atoms with Gasteiger partial charge in [-0.15, -0.1) is 11.3 Å². The van der Waals surface area contributed by atoms with Crippen molar-refractivity contribution in [1.82, 2.24) is 15.6 Å². The molecule has 0 unspecified atom stereocenters. The molecule has 0 saturated heterocycles. The molecular weight excluding hydrogens is 342 g/mol. The summed E-state index contributed by atoms with van der Waals surface area (Å²) in [5.41, 5.74) is 1.35. The number of aryl methyl sites for hydroxylation is 1. The van der Waals surface area contributed by atoms with Crippen LogP contribution in [0.5, 0.6) is 11.5 Å². The normalized spacial score (nSPS) is 10.2. The molecule has 1 heterocycles. The number of aromatic nitrogens is 1. The molecule has 0 fully saturated rings. The molecule has 0 radical (unpaired) electrons. The van der Waals surface area contributed by atoms with Crippen molar-refractivity contribution in [3.63, 3.8) is 0 Å². The fourth-order valence-electron chi connectivity index (χ4n) is 2.16. The molecule has 0 spiro atoms. The van der Waals surface area contributed by atoms with Gasteiger partial charge < -0.3 is 20.1 Å². The Morgan fingerprint density at radius 1 is 1.16 bits per heavy atom. The minimum absolute atomic E-state index is 0.0940. The third-order valence-corrected chi connectivity index (χ3v) is 4.25. The van der Waals surface area contributed by atoms with E-state index >= 15 is 0 Å². The molecule has 25 heavy (non-hydrogen) atoms. The predicted molar refractivity (Wildman–Crippen MR) is 95.4 cm³/mol. The number of hydrogen-bond donors (Lipinski definition) is 2. The highest BCUT2D eigenvalue weighted by molar-refractivity contribution is 7.09. The summed E-state index contributed by atoms with van der Waals surface area (Å²) in [7, 11) is 3.02. The SMILES string of the molecule is COc1ccc(C(=O)NCC(=O)NCCc2csc(C)n2)cc1OC. The molecule has 8 heteroatoms. The van der Waals surface area contributed by atoms with Crippen molar-refractivity contribution >= 4 is 23.2 Å². The van der Waals surface area contributed by atoms with E-state index in [2.05, 4.69) is 15.6 Å². The number of methoxy groups -OCH3 is 2. The van der Waals surface area contributed by atoms with Crippen LogP contribution in [0.25, 0.3) is 0 Å². The average molecular weight is 363 g/mol. The van der Waals surface area contributed by atoms with Gasteiger partial charge in [-0.3, -0.25) is 9.59 Å². The molecule has 2 amide bonds. The Morgan fingerprint density at radius 3 is 2.56 bits per heavy atom. The number of benzene rings is 1. The van der Waals surface area contributed by atoms with Crippen LogP contribution in [0.2, 0.25) is 0 Å². The fourth-order valence-corrected chi connectivity index (χ4v) is 2.80. The maximum absolute atomic E-state index is 12.1. The summed E-state index contributed by atoms with van der Waals surface area (Å²) in [6, 6.07) is 4.82. The monoisotopic (exact) mass is 363 g/mol. The average Bonchev–Trinajstić information content (AvgIpc) is 3.04. The molecule has 0 aliphatic carbocycles. The first-order valence-electron chi connectivity index (χ1n) is 7.71. The molecule has 134 valence electrons. The van der Waals surface area contributed by atoms with Crippen LogP contribution in [-0.4, -0.2) is 44.1 Å². The smallest absolute Gasteiger partial charge is 0.251 e. The van der Waals surface area contributed by atoms with Crippen molar-refractivity contribution in [3.05, 3.63) is 39.8 Å². The maximum Gasteiger partial charge on any atom is 0.251 e. The quantitative estimate of drug-likeness (QED) is 0.743. The van der Waals surface area contributed by atoms with Crippen LogP contribution in [0.3, 0.4) is 0 Å². The molecule has 0 saturated carbocycles. The lowest BCUT2D eigenvalue weighted by Crippen LogP contribution is -2.37. The first-order valence-corrected chi connectivity index (χ1v) is 8.59. The minimum Gasteiger partial charge on any atom is -0.493 e. The Kier molecular flexibility index (Phi) is 6.76. The second-order valence-corrected chi connectivity index (χ2v) is 6.27. The zero-order chi connectivity index (χ0) is 18.2. The summed E-state index contributed by atoms with van der Waals surface area (Å²) in [6.07, 6.45) is 0.666. The van der Waals surface area contributed by atoms with Gasteiger partial charge in [0.25, 0.3) is 5.91 Å². The van der Waals surface area contributed by atoms with Gasteiger partial charge in [0.05, 0.1) is 31.5 Å². The predicted octanol–water partition coefficient (Wildman–Crippen LogP) is 1.56. The summed E-state index contributed by atoms with van der Waals surface area (Å²) >= 11 is 1.58. The fraction of sp³-hybridized carbons (Fsp3) is 0.353. The summed E-state index contributed by atoms with van der Waals surface area (Å²) in [6.45, 7) is 2.33. The Morgan fingerprint density at radius 2 is 1.92 bits per heavy atom. The number of amides is 2. The Hall–Kier alpha value is -2.61. The number of rotatable bonds is 8.